The first-order chi connectivity index (χ1) is 8.47. The number of hydrogen-bond acceptors (Lipinski definition) is 5. The van der Waals surface area contributed by atoms with Crippen LogP contribution in [0.15, 0.2) is 24.3 Å². The number of amides is 1. The lowest BCUT2D eigenvalue weighted by Crippen LogP contribution is -2.42. The van der Waals surface area contributed by atoms with E-state index in [0.717, 1.165) is 0 Å². The zero-order valence-corrected chi connectivity index (χ0v) is 9.54. The van der Waals surface area contributed by atoms with Crippen molar-refractivity contribution in [1.29, 1.82) is 0 Å². The van der Waals surface area contributed by atoms with Gasteiger partial charge in [-0.1, -0.05) is 12.1 Å². The first-order valence-electron chi connectivity index (χ1n) is 4.94. The molecule has 18 heavy (non-hydrogen) atoms. The number of carbonyl (C=O) groups excluding carboxylic acids is 2. The Bertz CT molecular complexity index is 486. The molecule has 0 heterocycles. The van der Waals surface area contributed by atoms with Crippen molar-refractivity contribution >= 4 is 23.5 Å². The van der Waals surface area contributed by atoms with Gasteiger partial charge in [0.05, 0.1) is 18.4 Å². The van der Waals surface area contributed by atoms with Crippen LogP contribution in [0.3, 0.4) is 0 Å². The molecule has 1 aromatic carbocycles. The second-order valence-corrected chi connectivity index (χ2v) is 3.34. The lowest BCUT2D eigenvalue weighted by atomic mass is 10.1. The molecule has 4 N–H and O–H groups in total. The number of nitrogens with two attached hydrogens (primary N) is 1. The van der Waals surface area contributed by atoms with Gasteiger partial charge in [0.25, 0.3) is 5.91 Å². The highest BCUT2D eigenvalue weighted by atomic mass is 16.5. The third-order valence-corrected chi connectivity index (χ3v) is 2.14. The molecule has 7 heteroatoms. The summed E-state index contributed by atoms with van der Waals surface area (Å²) in [6, 6.07) is 4.34. The Kier molecular flexibility index (Phi) is 4.39. The van der Waals surface area contributed by atoms with Gasteiger partial charge >= 0.3 is 11.9 Å². The van der Waals surface area contributed by atoms with Crippen LogP contribution in [-0.4, -0.2) is 36.1 Å². The molecule has 0 spiro atoms. The Balaban J connectivity index is 2.94. The van der Waals surface area contributed by atoms with Crippen molar-refractivity contribution in [1.82, 2.24) is 0 Å². The maximum Gasteiger partial charge on any atom is 0.339 e. The van der Waals surface area contributed by atoms with E-state index in [2.05, 4.69) is 10.1 Å². The predicted molar refractivity (Wildman–Crippen MR) is 62.0 cm³/mol. The second kappa shape index (κ2) is 5.78. The fourth-order valence-electron chi connectivity index (χ4n) is 1.20. The molecule has 7 nitrogen and oxygen atoms in total. The molecule has 0 saturated carbocycles. The summed E-state index contributed by atoms with van der Waals surface area (Å²) in [7, 11) is 1.20. The Morgan fingerprint density at radius 1 is 1.33 bits per heavy atom. The summed E-state index contributed by atoms with van der Waals surface area (Å²) in [6.45, 7) is 0. The molecule has 0 aliphatic rings. The third-order valence-electron chi connectivity index (χ3n) is 2.14. The van der Waals surface area contributed by atoms with Gasteiger partial charge in [0.2, 0.25) is 0 Å². The lowest BCUT2D eigenvalue weighted by molar-refractivity contribution is -0.141. The molecule has 0 fully saturated rings. The van der Waals surface area contributed by atoms with Crippen molar-refractivity contribution in [3.8, 4) is 0 Å². The van der Waals surface area contributed by atoms with Gasteiger partial charge < -0.3 is 20.9 Å². The van der Waals surface area contributed by atoms with Crippen molar-refractivity contribution in [2.45, 2.75) is 6.04 Å². The van der Waals surface area contributed by atoms with Gasteiger partial charge in [0.15, 0.2) is 6.04 Å². The molecule has 0 radical (unpaired) electrons. The number of nitrogens with one attached hydrogen (secondary N) is 1. The molecule has 0 aromatic heterocycles. The fraction of sp³-hybridized carbons (Fsp3) is 0.182. The van der Waals surface area contributed by atoms with Gasteiger partial charge in [0.1, 0.15) is 0 Å². The minimum Gasteiger partial charge on any atom is -0.480 e. The number of methoxy groups -OCH3 is 1. The molecule has 1 rings (SSSR count). The first kappa shape index (κ1) is 13.7. The van der Waals surface area contributed by atoms with E-state index in [1.807, 2.05) is 0 Å². The van der Waals surface area contributed by atoms with E-state index in [4.69, 9.17) is 10.8 Å². The number of benzene rings is 1. The summed E-state index contributed by atoms with van der Waals surface area (Å²) < 4.78 is 4.53. The van der Waals surface area contributed by atoms with Crippen LogP contribution in [-0.2, 0) is 14.3 Å². The number of rotatable bonds is 4. The van der Waals surface area contributed by atoms with Crippen molar-refractivity contribution in [3.63, 3.8) is 0 Å². The van der Waals surface area contributed by atoms with E-state index >= 15 is 0 Å². The Morgan fingerprint density at radius 2 is 1.94 bits per heavy atom. The number of anilines is 1. The lowest BCUT2D eigenvalue weighted by Gasteiger charge is -2.11. The average molecular weight is 252 g/mol. The minimum atomic E-state index is -1.70. The zero-order chi connectivity index (χ0) is 13.7. The number of carbonyl (C=O) groups is 3. The van der Waals surface area contributed by atoms with Crippen molar-refractivity contribution in [2.24, 2.45) is 5.73 Å². The SMILES string of the molecule is COC(=O)c1ccccc1NC(=O)C(N)C(=O)O. The van der Waals surface area contributed by atoms with Crippen LogP contribution < -0.4 is 11.1 Å². The van der Waals surface area contributed by atoms with Crippen molar-refractivity contribution in [2.75, 3.05) is 12.4 Å². The molecular weight excluding hydrogens is 240 g/mol. The van der Waals surface area contributed by atoms with E-state index < -0.39 is 23.9 Å². The van der Waals surface area contributed by atoms with Crippen LogP contribution in [0.25, 0.3) is 0 Å². The van der Waals surface area contributed by atoms with Crippen LogP contribution in [0.1, 0.15) is 10.4 Å². The molecule has 0 aliphatic carbocycles. The number of carboxylic acid groups (broad SMARTS) is 1. The van der Waals surface area contributed by atoms with Crippen LogP contribution in [0.5, 0.6) is 0 Å². The minimum absolute atomic E-state index is 0.117. The van der Waals surface area contributed by atoms with E-state index in [1.165, 1.54) is 19.2 Å². The molecule has 1 atom stereocenters. The molecule has 0 bridgehead atoms. The number of para-hydroxylation sites is 1. The van der Waals surface area contributed by atoms with E-state index in [0.29, 0.717) is 0 Å². The van der Waals surface area contributed by atoms with Crippen LogP contribution in [0.4, 0.5) is 5.69 Å². The zero-order valence-electron chi connectivity index (χ0n) is 9.54. The summed E-state index contributed by atoms with van der Waals surface area (Å²) in [5.74, 6) is -3.02. The maximum absolute atomic E-state index is 11.4. The third kappa shape index (κ3) is 3.05. The highest BCUT2D eigenvalue weighted by molar-refractivity contribution is 6.09. The van der Waals surface area contributed by atoms with Crippen molar-refractivity contribution < 1.29 is 24.2 Å². The van der Waals surface area contributed by atoms with Gasteiger partial charge in [-0.3, -0.25) is 4.79 Å². The van der Waals surface area contributed by atoms with E-state index in [-0.39, 0.29) is 11.3 Å². The normalized spacial score (nSPS) is 11.4. The highest BCUT2D eigenvalue weighted by Crippen LogP contribution is 2.16. The van der Waals surface area contributed by atoms with E-state index in [1.54, 1.807) is 12.1 Å². The van der Waals surface area contributed by atoms with Gasteiger partial charge in [-0.25, -0.2) is 9.59 Å². The second-order valence-electron chi connectivity index (χ2n) is 3.34. The van der Waals surface area contributed by atoms with E-state index in [9.17, 15) is 14.4 Å². The predicted octanol–water partition coefficient (Wildman–Crippen LogP) is -0.176. The highest BCUT2D eigenvalue weighted by Gasteiger charge is 2.22. The maximum atomic E-state index is 11.4. The smallest absolute Gasteiger partial charge is 0.339 e. The molecule has 1 unspecified atom stereocenters. The van der Waals surface area contributed by atoms with Crippen molar-refractivity contribution in [3.05, 3.63) is 29.8 Å². The van der Waals surface area contributed by atoms with Crippen LogP contribution in [0.2, 0.25) is 0 Å². The molecule has 1 amide bonds. The first-order valence-corrected chi connectivity index (χ1v) is 4.94. The van der Waals surface area contributed by atoms with Crippen LogP contribution >= 0.6 is 0 Å². The molecular formula is C11H12N2O5. The molecule has 96 valence electrons. The Labute approximate surface area is 103 Å². The number of ether oxygens (including phenoxy) is 1. The quantitative estimate of drug-likeness (QED) is 0.505. The summed E-state index contributed by atoms with van der Waals surface area (Å²) in [5.41, 5.74) is 5.40. The fourth-order valence-corrected chi connectivity index (χ4v) is 1.20. The number of aliphatic carboxylic acids is 1. The number of carboxylic acids is 1. The van der Waals surface area contributed by atoms with Gasteiger partial charge in [-0.2, -0.15) is 0 Å². The summed E-state index contributed by atoms with van der Waals surface area (Å²) in [6.07, 6.45) is 0. The molecule has 0 aliphatic heterocycles. The number of hydrogen-bond donors (Lipinski definition) is 3. The Morgan fingerprint density at radius 3 is 2.50 bits per heavy atom. The van der Waals surface area contributed by atoms with Gasteiger partial charge in [-0.05, 0) is 12.1 Å². The standard InChI is InChI=1S/C11H12N2O5/c1-18-11(17)6-4-2-3-5-7(6)13-9(14)8(12)10(15)16/h2-5,8H,12H2,1H3,(H,13,14)(H,15,16). The topological polar surface area (TPSA) is 119 Å². The average Bonchev–Trinajstić information content (AvgIpc) is 2.37. The van der Waals surface area contributed by atoms with Crippen LogP contribution in [0, 0.1) is 0 Å². The largest absolute Gasteiger partial charge is 0.480 e. The monoisotopic (exact) mass is 252 g/mol. The summed E-state index contributed by atoms with van der Waals surface area (Å²) >= 11 is 0. The van der Waals surface area contributed by atoms with Gasteiger partial charge in [-0.15, -0.1) is 0 Å². The summed E-state index contributed by atoms with van der Waals surface area (Å²) in [4.78, 5) is 33.4. The molecule has 1 aromatic rings. The van der Waals surface area contributed by atoms with Gasteiger partial charge in [0, 0.05) is 0 Å². The Hall–Kier alpha value is -2.41. The summed E-state index contributed by atoms with van der Waals surface area (Å²) in [5, 5.41) is 10.8. The number of esters is 1. The molecule has 0 saturated heterocycles.